The molecule has 0 saturated heterocycles. The Bertz CT molecular complexity index is 824. The van der Waals surface area contributed by atoms with Crippen molar-refractivity contribution in [1.29, 1.82) is 0 Å². The zero-order chi connectivity index (χ0) is 15.1. The van der Waals surface area contributed by atoms with Gasteiger partial charge in [-0.05, 0) is 46.1 Å². The average molecular weight is 347 g/mol. The van der Waals surface area contributed by atoms with Gasteiger partial charge in [0.25, 0.3) is 0 Å². The van der Waals surface area contributed by atoms with Gasteiger partial charge in [-0.2, -0.15) is 15.7 Å². The Balaban J connectivity index is 1.82. The van der Waals surface area contributed by atoms with Gasteiger partial charge in [-0.1, -0.05) is 23.7 Å². The Morgan fingerprint density at radius 2 is 2.05 bits per heavy atom. The first-order valence-corrected chi connectivity index (χ1v) is 8.89. The summed E-state index contributed by atoms with van der Waals surface area (Å²) in [6.07, 6.45) is 0.478. The maximum atomic E-state index is 12.1. The predicted octanol–water partition coefficient (Wildman–Crippen LogP) is 5.00. The summed E-state index contributed by atoms with van der Waals surface area (Å²) >= 11 is 9.06. The number of halogens is 1. The molecule has 1 atom stereocenters. The van der Waals surface area contributed by atoms with Gasteiger partial charge < -0.3 is 5.32 Å². The lowest BCUT2D eigenvalue weighted by atomic mass is 9.91. The lowest BCUT2D eigenvalue weighted by Gasteiger charge is -2.21. The monoisotopic (exact) mass is 346 g/mol. The van der Waals surface area contributed by atoms with Crippen molar-refractivity contribution in [2.24, 2.45) is 0 Å². The number of amides is 1. The van der Waals surface area contributed by atoms with Crippen LogP contribution in [0.3, 0.4) is 0 Å². The average Bonchev–Trinajstić information content (AvgIpc) is 3.16. The molecule has 2 aromatic heterocycles. The van der Waals surface area contributed by atoms with E-state index in [1.54, 1.807) is 11.3 Å². The highest BCUT2D eigenvalue weighted by Gasteiger charge is 2.31. The Hall–Kier alpha value is -1.69. The molecular weight excluding hydrogens is 336 g/mol. The van der Waals surface area contributed by atoms with Crippen LogP contribution in [0.15, 0.2) is 41.1 Å². The zero-order valence-electron chi connectivity index (χ0n) is 11.4. The molecule has 1 aromatic carbocycles. The van der Waals surface area contributed by atoms with Crippen molar-refractivity contribution < 1.29 is 4.79 Å². The summed E-state index contributed by atoms with van der Waals surface area (Å²) in [5.41, 5.74) is 3.82. The Labute approximate surface area is 140 Å². The SMILES string of the molecule is O=C1C[C@H](c2ccsc2)c2snc(-c3ccc(Cl)cc3)c2N1. The van der Waals surface area contributed by atoms with Crippen LogP contribution in [0.1, 0.15) is 22.8 Å². The van der Waals surface area contributed by atoms with Crippen LogP contribution in [0.2, 0.25) is 5.02 Å². The van der Waals surface area contributed by atoms with Crippen LogP contribution < -0.4 is 5.32 Å². The number of nitrogens with one attached hydrogen (secondary N) is 1. The number of anilines is 1. The van der Waals surface area contributed by atoms with E-state index in [-0.39, 0.29) is 11.8 Å². The molecule has 3 heterocycles. The van der Waals surface area contributed by atoms with Gasteiger partial charge >= 0.3 is 0 Å². The van der Waals surface area contributed by atoms with Gasteiger partial charge in [0.05, 0.1) is 10.6 Å². The van der Waals surface area contributed by atoms with Crippen LogP contribution in [0.4, 0.5) is 5.69 Å². The number of hydrogen-bond acceptors (Lipinski definition) is 4. The van der Waals surface area contributed by atoms with Crippen molar-refractivity contribution in [3.63, 3.8) is 0 Å². The second-order valence-electron chi connectivity index (χ2n) is 5.14. The zero-order valence-corrected chi connectivity index (χ0v) is 13.8. The Kier molecular flexibility index (Phi) is 3.48. The fourth-order valence-electron chi connectivity index (χ4n) is 2.68. The van der Waals surface area contributed by atoms with Gasteiger partial charge in [0.15, 0.2) is 0 Å². The van der Waals surface area contributed by atoms with Crippen molar-refractivity contribution in [1.82, 2.24) is 4.37 Å². The van der Waals surface area contributed by atoms with Crippen LogP contribution in [-0.2, 0) is 4.79 Å². The third-order valence-corrected chi connectivity index (χ3v) is 5.66. The van der Waals surface area contributed by atoms with Gasteiger partial charge in [0, 0.05) is 22.9 Å². The number of benzene rings is 1. The molecule has 1 amide bonds. The van der Waals surface area contributed by atoms with Gasteiger partial charge in [0.2, 0.25) is 5.91 Å². The fourth-order valence-corrected chi connectivity index (χ4v) is 4.49. The van der Waals surface area contributed by atoms with E-state index in [0.29, 0.717) is 11.4 Å². The fraction of sp³-hybridized carbons (Fsp3) is 0.125. The van der Waals surface area contributed by atoms with Crippen LogP contribution in [0.5, 0.6) is 0 Å². The van der Waals surface area contributed by atoms with Crippen LogP contribution in [-0.4, -0.2) is 10.3 Å². The topological polar surface area (TPSA) is 42.0 Å². The molecule has 1 N–H and O–H groups in total. The number of thiophene rings is 1. The van der Waals surface area contributed by atoms with E-state index in [0.717, 1.165) is 21.8 Å². The summed E-state index contributed by atoms with van der Waals surface area (Å²) in [4.78, 5) is 13.2. The first kappa shape index (κ1) is 13.9. The second kappa shape index (κ2) is 5.50. The molecule has 3 aromatic rings. The summed E-state index contributed by atoms with van der Waals surface area (Å²) in [7, 11) is 0. The molecule has 0 fully saturated rings. The van der Waals surface area contributed by atoms with Crippen LogP contribution >= 0.6 is 34.5 Å². The maximum Gasteiger partial charge on any atom is 0.225 e. The number of fused-ring (bicyclic) bond motifs is 1. The first-order chi connectivity index (χ1) is 10.7. The van der Waals surface area contributed by atoms with Crippen molar-refractivity contribution in [3.05, 3.63) is 56.6 Å². The maximum absolute atomic E-state index is 12.1. The summed E-state index contributed by atoms with van der Waals surface area (Å²) in [6.45, 7) is 0. The van der Waals surface area contributed by atoms with Gasteiger partial charge in [-0.15, -0.1) is 0 Å². The van der Waals surface area contributed by atoms with E-state index in [4.69, 9.17) is 11.6 Å². The standard InChI is InChI=1S/C16H11ClN2OS2/c17-11-3-1-9(2-4-11)14-15-16(22-19-14)12(7-13(20)18-15)10-5-6-21-8-10/h1-6,8,12H,7H2,(H,18,20)/t12-/m1/s1. The van der Waals surface area contributed by atoms with Gasteiger partial charge in [-0.3, -0.25) is 4.79 Å². The molecule has 0 unspecified atom stereocenters. The molecule has 0 radical (unpaired) electrons. The van der Waals surface area contributed by atoms with E-state index < -0.39 is 0 Å². The van der Waals surface area contributed by atoms with E-state index in [9.17, 15) is 4.79 Å². The molecule has 6 heteroatoms. The summed E-state index contributed by atoms with van der Waals surface area (Å²) in [5, 5.41) is 7.83. The normalized spacial score (nSPS) is 17.1. The molecule has 0 bridgehead atoms. The molecular formula is C16H11ClN2OS2. The van der Waals surface area contributed by atoms with E-state index >= 15 is 0 Å². The largest absolute Gasteiger partial charge is 0.323 e. The van der Waals surface area contributed by atoms with Crippen LogP contribution in [0, 0.1) is 0 Å². The molecule has 110 valence electrons. The number of rotatable bonds is 2. The Morgan fingerprint density at radius 1 is 1.23 bits per heavy atom. The smallest absolute Gasteiger partial charge is 0.225 e. The molecule has 0 saturated carbocycles. The Morgan fingerprint density at radius 3 is 2.77 bits per heavy atom. The third-order valence-electron chi connectivity index (χ3n) is 3.75. The highest BCUT2D eigenvalue weighted by atomic mass is 35.5. The molecule has 3 nitrogen and oxygen atoms in total. The quantitative estimate of drug-likeness (QED) is 0.709. The number of nitrogens with zero attached hydrogens (tertiary/aromatic N) is 1. The van der Waals surface area contributed by atoms with E-state index in [2.05, 4.69) is 21.1 Å². The lowest BCUT2D eigenvalue weighted by Crippen LogP contribution is -2.22. The number of carbonyl (C=O) groups is 1. The number of aromatic nitrogens is 1. The van der Waals surface area contributed by atoms with Crippen molar-refractivity contribution >= 4 is 46.1 Å². The summed E-state index contributed by atoms with van der Waals surface area (Å²) in [5.74, 6) is 0.146. The minimum absolute atomic E-state index is 0.0408. The first-order valence-electron chi connectivity index (χ1n) is 6.80. The molecule has 1 aliphatic rings. The lowest BCUT2D eigenvalue weighted by molar-refractivity contribution is -0.116. The molecule has 0 spiro atoms. The minimum Gasteiger partial charge on any atom is -0.323 e. The van der Waals surface area contributed by atoms with Crippen LogP contribution in [0.25, 0.3) is 11.3 Å². The van der Waals surface area contributed by atoms with Gasteiger partial charge in [-0.25, -0.2) is 0 Å². The molecule has 1 aliphatic heterocycles. The molecule has 4 rings (SSSR count). The van der Waals surface area contributed by atoms with Gasteiger partial charge in [0.1, 0.15) is 5.69 Å². The summed E-state index contributed by atoms with van der Waals surface area (Å²) in [6, 6.07) is 9.61. The van der Waals surface area contributed by atoms with Crippen molar-refractivity contribution in [3.8, 4) is 11.3 Å². The number of hydrogen-bond donors (Lipinski definition) is 1. The predicted molar refractivity (Wildman–Crippen MR) is 92.0 cm³/mol. The highest BCUT2D eigenvalue weighted by molar-refractivity contribution is 7.08. The van der Waals surface area contributed by atoms with E-state index in [1.165, 1.54) is 17.1 Å². The second-order valence-corrected chi connectivity index (χ2v) is 7.16. The minimum atomic E-state index is 0.0408. The molecule has 0 aliphatic carbocycles. The third kappa shape index (κ3) is 2.35. The summed E-state index contributed by atoms with van der Waals surface area (Å²) < 4.78 is 4.58. The van der Waals surface area contributed by atoms with E-state index in [1.807, 2.05) is 29.6 Å². The number of carbonyl (C=O) groups excluding carboxylic acids is 1. The molecule has 22 heavy (non-hydrogen) atoms. The van der Waals surface area contributed by atoms with Crippen molar-refractivity contribution in [2.45, 2.75) is 12.3 Å². The van der Waals surface area contributed by atoms with Crippen molar-refractivity contribution in [2.75, 3.05) is 5.32 Å². The highest BCUT2D eigenvalue weighted by Crippen LogP contribution is 2.45.